The van der Waals surface area contributed by atoms with Crippen LogP contribution in [0.5, 0.6) is 0 Å². The molecule has 6 nitrogen and oxygen atoms in total. The van der Waals surface area contributed by atoms with Crippen LogP contribution in [0.3, 0.4) is 0 Å². The van der Waals surface area contributed by atoms with Gasteiger partial charge < -0.3 is 15.1 Å². The van der Waals surface area contributed by atoms with Crippen molar-refractivity contribution in [1.29, 1.82) is 0 Å². The minimum Gasteiger partial charge on any atom is -0.351 e. The highest BCUT2D eigenvalue weighted by Crippen LogP contribution is 2.20. The summed E-state index contributed by atoms with van der Waals surface area (Å²) in [5.41, 5.74) is 1.36. The normalized spacial score (nSPS) is 20.7. The van der Waals surface area contributed by atoms with E-state index in [4.69, 9.17) is 0 Å². The van der Waals surface area contributed by atoms with Crippen LogP contribution in [-0.2, 0) is 0 Å². The maximum atomic E-state index is 12.7. The van der Waals surface area contributed by atoms with Gasteiger partial charge in [-0.3, -0.25) is 4.79 Å². The van der Waals surface area contributed by atoms with Crippen molar-refractivity contribution >= 4 is 11.9 Å². The summed E-state index contributed by atoms with van der Waals surface area (Å²) < 4.78 is 0. The molecular weight excluding hydrogens is 302 g/mol. The SMILES string of the molecule is Cc1cc(C(=O)N2CCN(C)CC2)nc(NC2CCCCCC2)n1. The zero-order chi connectivity index (χ0) is 16.9. The van der Waals surface area contributed by atoms with Crippen LogP contribution in [-0.4, -0.2) is 64.9 Å². The van der Waals surface area contributed by atoms with Crippen molar-refractivity contribution in [3.63, 3.8) is 0 Å². The molecule has 2 aliphatic rings. The summed E-state index contributed by atoms with van der Waals surface area (Å²) in [7, 11) is 2.09. The lowest BCUT2D eigenvalue weighted by Crippen LogP contribution is -2.47. The van der Waals surface area contributed by atoms with E-state index >= 15 is 0 Å². The predicted molar refractivity (Wildman–Crippen MR) is 95.3 cm³/mol. The van der Waals surface area contributed by atoms with Crippen LogP contribution in [0.1, 0.15) is 54.7 Å². The smallest absolute Gasteiger partial charge is 0.272 e. The first-order chi connectivity index (χ1) is 11.6. The van der Waals surface area contributed by atoms with Gasteiger partial charge in [0.05, 0.1) is 0 Å². The molecule has 1 aromatic rings. The van der Waals surface area contributed by atoms with Gasteiger partial charge in [-0.1, -0.05) is 25.7 Å². The van der Waals surface area contributed by atoms with Crippen molar-refractivity contribution < 1.29 is 4.79 Å². The molecule has 2 heterocycles. The molecule has 1 aliphatic carbocycles. The summed E-state index contributed by atoms with van der Waals surface area (Å²) in [4.78, 5) is 25.9. The maximum absolute atomic E-state index is 12.7. The largest absolute Gasteiger partial charge is 0.351 e. The standard InChI is InChI=1S/C18H29N5O/c1-14-13-16(17(24)23-11-9-22(2)10-12-23)21-18(19-14)20-15-7-5-3-4-6-8-15/h13,15H,3-12H2,1-2H3,(H,19,20,21). The minimum atomic E-state index is 0.0255. The van der Waals surface area contributed by atoms with Crippen LogP contribution in [0.15, 0.2) is 6.07 Å². The molecule has 0 radical (unpaired) electrons. The average molecular weight is 331 g/mol. The van der Waals surface area contributed by atoms with Crippen LogP contribution < -0.4 is 5.32 Å². The molecule has 132 valence electrons. The molecule has 2 fully saturated rings. The lowest BCUT2D eigenvalue weighted by atomic mass is 10.1. The highest BCUT2D eigenvalue weighted by atomic mass is 16.2. The molecule has 1 saturated heterocycles. The van der Waals surface area contributed by atoms with E-state index in [9.17, 15) is 4.79 Å². The molecule has 0 aromatic carbocycles. The molecule has 1 saturated carbocycles. The molecule has 1 amide bonds. The van der Waals surface area contributed by atoms with Gasteiger partial charge in [-0.05, 0) is 32.9 Å². The molecular formula is C18H29N5O. The maximum Gasteiger partial charge on any atom is 0.272 e. The minimum absolute atomic E-state index is 0.0255. The Morgan fingerprint density at radius 1 is 1.08 bits per heavy atom. The molecule has 0 bridgehead atoms. The number of aromatic nitrogens is 2. The van der Waals surface area contributed by atoms with Gasteiger partial charge in [0.15, 0.2) is 0 Å². The van der Waals surface area contributed by atoms with Crippen molar-refractivity contribution in [2.75, 3.05) is 38.5 Å². The number of nitrogens with zero attached hydrogens (tertiary/aromatic N) is 4. The van der Waals surface area contributed by atoms with Gasteiger partial charge in [0.1, 0.15) is 5.69 Å². The zero-order valence-corrected chi connectivity index (χ0v) is 14.9. The summed E-state index contributed by atoms with van der Waals surface area (Å²) in [6.45, 7) is 5.31. The van der Waals surface area contributed by atoms with E-state index in [-0.39, 0.29) is 5.91 Å². The molecule has 6 heteroatoms. The highest BCUT2D eigenvalue weighted by Gasteiger charge is 2.22. The number of hydrogen-bond donors (Lipinski definition) is 1. The number of amides is 1. The summed E-state index contributed by atoms with van der Waals surface area (Å²) in [6.07, 6.45) is 7.49. The van der Waals surface area contributed by atoms with Crippen molar-refractivity contribution in [2.45, 2.75) is 51.5 Å². The van der Waals surface area contributed by atoms with Gasteiger partial charge in [-0.25, -0.2) is 9.97 Å². The number of hydrogen-bond acceptors (Lipinski definition) is 5. The first kappa shape index (κ1) is 17.1. The second kappa shape index (κ2) is 7.92. The Kier molecular flexibility index (Phi) is 5.66. The van der Waals surface area contributed by atoms with Gasteiger partial charge in [0.25, 0.3) is 5.91 Å². The van der Waals surface area contributed by atoms with E-state index < -0.39 is 0 Å². The third-order valence-electron chi connectivity index (χ3n) is 5.05. The number of rotatable bonds is 3. The molecule has 0 unspecified atom stereocenters. The lowest BCUT2D eigenvalue weighted by molar-refractivity contribution is 0.0658. The monoisotopic (exact) mass is 331 g/mol. The second-order valence-electron chi connectivity index (χ2n) is 7.15. The molecule has 24 heavy (non-hydrogen) atoms. The van der Waals surface area contributed by atoms with Crippen molar-refractivity contribution in [3.05, 3.63) is 17.5 Å². The molecule has 1 aromatic heterocycles. The number of nitrogens with one attached hydrogen (secondary N) is 1. The molecule has 1 aliphatic heterocycles. The fraction of sp³-hybridized carbons (Fsp3) is 0.722. The average Bonchev–Trinajstić information content (AvgIpc) is 2.83. The Morgan fingerprint density at radius 3 is 2.42 bits per heavy atom. The Morgan fingerprint density at radius 2 is 1.75 bits per heavy atom. The summed E-state index contributed by atoms with van der Waals surface area (Å²) >= 11 is 0. The first-order valence-corrected chi connectivity index (χ1v) is 9.22. The summed E-state index contributed by atoms with van der Waals surface area (Å²) in [5.74, 6) is 0.636. The van der Waals surface area contributed by atoms with Gasteiger partial charge in [-0.15, -0.1) is 0 Å². The number of carbonyl (C=O) groups is 1. The fourth-order valence-electron chi connectivity index (χ4n) is 3.52. The van der Waals surface area contributed by atoms with E-state index in [2.05, 4.69) is 27.2 Å². The Hall–Kier alpha value is -1.69. The summed E-state index contributed by atoms with van der Waals surface area (Å²) in [5, 5.41) is 3.47. The van der Waals surface area contributed by atoms with E-state index in [1.165, 1.54) is 38.5 Å². The van der Waals surface area contributed by atoms with Gasteiger partial charge in [-0.2, -0.15) is 0 Å². The zero-order valence-electron chi connectivity index (χ0n) is 14.9. The summed E-state index contributed by atoms with van der Waals surface area (Å²) in [6, 6.07) is 2.24. The number of aryl methyl sites for hydroxylation is 1. The van der Waals surface area contributed by atoms with Crippen LogP contribution in [0.2, 0.25) is 0 Å². The van der Waals surface area contributed by atoms with E-state index in [1.807, 2.05) is 11.8 Å². The van der Waals surface area contributed by atoms with Crippen molar-refractivity contribution in [3.8, 4) is 0 Å². The van der Waals surface area contributed by atoms with Crippen LogP contribution >= 0.6 is 0 Å². The molecule has 0 spiro atoms. The number of piperazine rings is 1. The first-order valence-electron chi connectivity index (χ1n) is 9.22. The third kappa shape index (κ3) is 4.44. The van der Waals surface area contributed by atoms with E-state index in [0.29, 0.717) is 17.7 Å². The molecule has 3 rings (SSSR count). The fourth-order valence-corrected chi connectivity index (χ4v) is 3.52. The highest BCUT2D eigenvalue weighted by molar-refractivity contribution is 5.92. The third-order valence-corrected chi connectivity index (χ3v) is 5.05. The Balaban J connectivity index is 1.69. The number of likely N-dealkylation sites (N-methyl/N-ethyl adjacent to an activating group) is 1. The van der Waals surface area contributed by atoms with E-state index in [0.717, 1.165) is 31.9 Å². The topological polar surface area (TPSA) is 61.4 Å². The Bertz CT molecular complexity index is 561. The lowest BCUT2D eigenvalue weighted by Gasteiger charge is -2.32. The number of anilines is 1. The van der Waals surface area contributed by atoms with Gasteiger partial charge in [0.2, 0.25) is 5.95 Å². The van der Waals surface area contributed by atoms with Crippen LogP contribution in [0.4, 0.5) is 5.95 Å². The molecule has 0 atom stereocenters. The van der Waals surface area contributed by atoms with Crippen LogP contribution in [0, 0.1) is 6.92 Å². The van der Waals surface area contributed by atoms with E-state index in [1.54, 1.807) is 6.07 Å². The van der Waals surface area contributed by atoms with Crippen LogP contribution in [0.25, 0.3) is 0 Å². The quantitative estimate of drug-likeness (QED) is 0.861. The Labute approximate surface area is 144 Å². The number of carbonyl (C=O) groups excluding carboxylic acids is 1. The molecule has 1 N–H and O–H groups in total. The second-order valence-corrected chi connectivity index (χ2v) is 7.15. The van der Waals surface area contributed by atoms with Crippen molar-refractivity contribution in [1.82, 2.24) is 19.8 Å². The van der Waals surface area contributed by atoms with Gasteiger partial charge in [0, 0.05) is 37.9 Å². The van der Waals surface area contributed by atoms with Crippen molar-refractivity contribution in [2.24, 2.45) is 0 Å². The predicted octanol–water partition coefficient (Wildman–Crippen LogP) is 2.31. The van der Waals surface area contributed by atoms with Gasteiger partial charge >= 0.3 is 0 Å².